The summed E-state index contributed by atoms with van der Waals surface area (Å²) in [5, 5.41) is 6.37. The molecular weight excluding hydrogens is 425 g/mol. The van der Waals surface area contributed by atoms with E-state index in [4.69, 9.17) is 0 Å². The van der Waals surface area contributed by atoms with Crippen molar-refractivity contribution in [1.82, 2.24) is 10.6 Å². The number of sulfone groups is 1. The van der Waals surface area contributed by atoms with E-state index in [0.29, 0.717) is 18.9 Å². The Morgan fingerprint density at radius 2 is 1.78 bits per heavy atom. The van der Waals surface area contributed by atoms with E-state index in [1.54, 1.807) is 7.05 Å². The fourth-order valence-corrected chi connectivity index (χ4v) is 3.36. The number of benzene rings is 1. The molecule has 0 saturated carbocycles. The van der Waals surface area contributed by atoms with Crippen LogP contribution in [0.3, 0.4) is 0 Å². The van der Waals surface area contributed by atoms with E-state index < -0.39 is 9.84 Å². The minimum atomic E-state index is -3.07. The lowest BCUT2D eigenvalue weighted by molar-refractivity contribution is 0.501. The standard InChI is InChI=1S/C16H27N3O2S.HI/c1-16(2,3)19-15(17-4)18-11-8-12-22(20,21)13-14-9-6-5-7-10-14;/h5-7,9-10H,8,11-13H2,1-4H3,(H2,17,18,19);1H. The molecule has 1 aromatic rings. The van der Waals surface area contributed by atoms with Crippen LogP contribution in [0, 0.1) is 0 Å². The number of nitrogens with one attached hydrogen (secondary N) is 2. The van der Waals surface area contributed by atoms with Crippen LogP contribution < -0.4 is 10.6 Å². The van der Waals surface area contributed by atoms with Crippen LogP contribution in [0.2, 0.25) is 0 Å². The summed E-state index contributed by atoms with van der Waals surface area (Å²) in [5.41, 5.74) is 0.752. The molecule has 0 unspecified atom stereocenters. The lowest BCUT2D eigenvalue weighted by atomic mass is 10.1. The van der Waals surface area contributed by atoms with Gasteiger partial charge in [-0.1, -0.05) is 30.3 Å². The highest BCUT2D eigenvalue weighted by atomic mass is 127. The van der Waals surface area contributed by atoms with Crippen molar-refractivity contribution < 1.29 is 8.42 Å². The van der Waals surface area contributed by atoms with E-state index in [2.05, 4.69) is 15.6 Å². The lowest BCUT2D eigenvalue weighted by Gasteiger charge is -2.23. The van der Waals surface area contributed by atoms with Crippen molar-refractivity contribution in [3.05, 3.63) is 35.9 Å². The van der Waals surface area contributed by atoms with Gasteiger partial charge in [0.15, 0.2) is 15.8 Å². The Hall–Kier alpha value is -0.830. The number of hydrogen-bond donors (Lipinski definition) is 2. The molecule has 0 amide bonds. The van der Waals surface area contributed by atoms with Crippen molar-refractivity contribution in [3.8, 4) is 0 Å². The van der Waals surface area contributed by atoms with E-state index in [-0.39, 0.29) is 41.0 Å². The van der Waals surface area contributed by atoms with E-state index in [1.807, 2.05) is 51.1 Å². The topological polar surface area (TPSA) is 70.6 Å². The van der Waals surface area contributed by atoms with Crippen molar-refractivity contribution in [1.29, 1.82) is 0 Å². The second kappa shape index (κ2) is 10.1. The summed E-state index contributed by atoms with van der Waals surface area (Å²) in [6, 6.07) is 9.27. The van der Waals surface area contributed by atoms with Gasteiger partial charge in [0.2, 0.25) is 0 Å². The third-order valence-electron chi connectivity index (χ3n) is 2.87. The second-order valence-electron chi connectivity index (χ2n) is 6.31. The van der Waals surface area contributed by atoms with Gasteiger partial charge in [-0.3, -0.25) is 4.99 Å². The third kappa shape index (κ3) is 10.5. The maximum Gasteiger partial charge on any atom is 0.191 e. The molecular formula is C16H28IN3O2S. The van der Waals surface area contributed by atoms with Crippen LogP contribution in [0.1, 0.15) is 32.8 Å². The van der Waals surface area contributed by atoms with E-state index in [0.717, 1.165) is 5.56 Å². The van der Waals surface area contributed by atoms with Gasteiger partial charge in [0.05, 0.1) is 11.5 Å². The van der Waals surface area contributed by atoms with Gasteiger partial charge in [-0.05, 0) is 32.8 Å². The van der Waals surface area contributed by atoms with Crippen LogP contribution in [0.25, 0.3) is 0 Å². The molecule has 0 saturated heterocycles. The molecule has 0 aromatic heterocycles. The number of guanidine groups is 1. The zero-order valence-corrected chi connectivity index (χ0v) is 17.4. The molecule has 0 bridgehead atoms. The highest BCUT2D eigenvalue weighted by Gasteiger charge is 2.13. The van der Waals surface area contributed by atoms with Crippen LogP contribution >= 0.6 is 24.0 Å². The van der Waals surface area contributed by atoms with Crippen LogP contribution in [-0.4, -0.2) is 39.3 Å². The first-order valence-electron chi connectivity index (χ1n) is 7.45. The van der Waals surface area contributed by atoms with Gasteiger partial charge in [0.25, 0.3) is 0 Å². The highest BCUT2D eigenvalue weighted by Crippen LogP contribution is 2.07. The molecule has 0 aliphatic rings. The lowest BCUT2D eigenvalue weighted by Crippen LogP contribution is -2.47. The Morgan fingerprint density at radius 3 is 2.30 bits per heavy atom. The van der Waals surface area contributed by atoms with E-state index in [9.17, 15) is 8.42 Å². The molecule has 0 fully saturated rings. The number of hydrogen-bond acceptors (Lipinski definition) is 3. The summed E-state index contributed by atoms with van der Waals surface area (Å²) in [6.45, 7) is 6.71. The summed E-state index contributed by atoms with van der Waals surface area (Å²) in [6.07, 6.45) is 0.556. The first-order valence-corrected chi connectivity index (χ1v) is 9.27. The number of halogens is 1. The first kappa shape index (κ1) is 22.2. The minimum absolute atomic E-state index is 0. The van der Waals surface area contributed by atoms with Gasteiger partial charge in [-0.2, -0.15) is 0 Å². The zero-order chi connectivity index (χ0) is 16.6. The molecule has 1 rings (SSSR count). The molecule has 7 heteroatoms. The normalized spacial score (nSPS) is 12.4. The van der Waals surface area contributed by atoms with Crippen molar-refractivity contribution in [2.75, 3.05) is 19.3 Å². The van der Waals surface area contributed by atoms with Crippen molar-refractivity contribution in [3.63, 3.8) is 0 Å². The van der Waals surface area contributed by atoms with E-state index in [1.165, 1.54) is 0 Å². The van der Waals surface area contributed by atoms with E-state index >= 15 is 0 Å². The fraction of sp³-hybridized carbons (Fsp3) is 0.562. The second-order valence-corrected chi connectivity index (χ2v) is 8.49. The number of nitrogens with zero attached hydrogens (tertiary/aromatic N) is 1. The Morgan fingerprint density at radius 1 is 1.17 bits per heavy atom. The predicted molar refractivity (Wildman–Crippen MR) is 108 cm³/mol. The third-order valence-corrected chi connectivity index (χ3v) is 4.55. The molecule has 0 heterocycles. The van der Waals surface area contributed by atoms with Crippen molar-refractivity contribution in [2.45, 2.75) is 38.5 Å². The van der Waals surface area contributed by atoms with Gasteiger partial charge in [-0.15, -0.1) is 24.0 Å². The minimum Gasteiger partial charge on any atom is -0.356 e. The average Bonchev–Trinajstić information content (AvgIpc) is 2.41. The van der Waals surface area contributed by atoms with Gasteiger partial charge in [0, 0.05) is 19.1 Å². The average molecular weight is 453 g/mol. The molecule has 132 valence electrons. The van der Waals surface area contributed by atoms with Crippen LogP contribution in [0.15, 0.2) is 35.3 Å². The smallest absolute Gasteiger partial charge is 0.191 e. The largest absolute Gasteiger partial charge is 0.356 e. The number of rotatable bonds is 6. The summed E-state index contributed by atoms with van der Waals surface area (Å²) in [4.78, 5) is 4.12. The molecule has 0 atom stereocenters. The molecule has 0 radical (unpaired) electrons. The molecule has 0 spiro atoms. The van der Waals surface area contributed by atoms with Crippen molar-refractivity contribution >= 4 is 39.8 Å². The van der Waals surface area contributed by atoms with Gasteiger partial charge in [0.1, 0.15) is 0 Å². The predicted octanol–water partition coefficient (Wildman–Crippen LogP) is 2.57. The Balaban J connectivity index is 0.00000484. The summed E-state index contributed by atoms with van der Waals surface area (Å²) in [5.74, 6) is 0.956. The highest BCUT2D eigenvalue weighted by molar-refractivity contribution is 14.0. The van der Waals surface area contributed by atoms with Gasteiger partial charge < -0.3 is 10.6 Å². The maximum absolute atomic E-state index is 12.1. The fourth-order valence-electron chi connectivity index (χ4n) is 1.93. The van der Waals surface area contributed by atoms with Gasteiger partial charge in [-0.25, -0.2) is 8.42 Å². The Kier molecular flexibility index (Phi) is 9.76. The molecule has 2 N–H and O–H groups in total. The summed E-state index contributed by atoms with van der Waals surface area (Å²) >= 11 is 0. The Labute approximate surface area is 157 Å². The molecule has 23 heavy (non-hydrogen) atoms. The monoisotopic (exact) mass is 453 g/mol. The SMILES string of the molecule is CN=C(NCCCS(=O)(=O)Cc1ccccc1)NC(C)(C)C.I. The quantitative estimate of drug-likeness (QED) is 0.301. The Bertz CT molecular complexity index is 581. The number of aliphatic imine (C=N–C) groups is 1. The summed E-state index contributed by atoms with van der Waals surface area (Å²) in [7, 11) is -1.37. The molecule has 0 aliphatic carbocycles. The van der Waals surface area contributed by atoms with Crippen LogP contribution in [0.5, 0.6) is 0 Å². The van der Waals surface area contributed by atoms with Gasteiger partial charge >= 0.3 is 0 Å². The molecule has 1 aromatic carbocycles. The molecule has 5 nitrogen and oxygen atoms in total. The van der Waals surface area contributed by atoms with Crippen molar-refractivity contribution in [2.24, 2.45) is 4.99 Å². The summed E-state index contributed by atoms with van der Waals surface area (Å²) < 4.78 is 24.1. The first-order chi connectivity index (χ1) is 10.2. The van der Waals surface area contributed by atoms with Crippen LogP contribution in [0.4, 0.5) is 0 Å². The zero-order valence-electron chi connectivity index (χ0n) is 14.3. The molecule has 0 aliphatic heterocycles. The maximum atomic E-state index is 12.1. The van der Waals surface area contributed by atoms with Crippen LogP contribution in [-0.2, 0) is 15.6 Å².